The number of nitrogen functional groups attached to an aromatic ring is 1. The summed E-state index contributed by atoms with van der Waals surface area (Å²) in [5.74, 6) is 2.65. The van der Waals surface area contributed by atoms with Gasteiger partial charge in [0.1, 0.15) is 17.3 Å². The van der Waals surface area contributed by atoms with Crippen molar-refractivity contribution in [1.29, 1.82) is 0 Å². The fraction of sp³-hybridized carbons (Fsp3) is 0.474. The van der Waals surface area contributed by atoms with Crippen LogP contribution in [0.25, 0.3) is 0 Å². The molecule has 0 radical (unpaired) electrons. The minimum absolute atomic E-state index is 0.141. The van der Waals surface area contributed by atoms with Gasteiger partial charge in [-0.15, -0.1) is 0 Å². The first-order chi connectivity index (χ1) is 13.1. The Bertz CT molecular complexity index is 736. The number of aliphatic hydroxyl groups excluding tert-OH is 1. The Hall–Kier alpha value is -2.58. The quantitative estimate of drug-likeness (QED) is 0.746. The molecule has 0 amide bonds. The predicted octanol–water partition coefficient (Wildman–Crippen LogP) is 1.15. The number of ether oxygens (including phenoxy) is 2. The molecule has 1 aromatic carbocycles. The van der Waals surface area contributed by atoms with E-state index < -0.39 is 0 Å². The van der Waals surface area contributed by atoms with Gasteiger partial charge in [-0.1, -0.05) is 0 Å². The van der Waals surface area contributed by atoms with Crippen LogP contribution in [0.5, 0.6) is 11.5 Å². The van der Waals surface area contributed by atoms with Gasteiger partial charge in [-0.2, -0.15) is 4.98 Å². The zero-order valence-electron chi connectivity index (χ0n) is 15.8. The molecule has 1 saturated heterocycles. The predicted molar refractivity (Wildman–Crippen MR) is 104 cm³/mol. The zero-order chi connectivity index (χ0) is 19.2. The molecular formula is C19H27N5O3. The fourth-order valence-corrected chi connectivity index (χ4v) is 3.46. The molecule has 0 spiro atoms. The van der Waals surface area contributed by atoms with Crippen LogP contribution >= 0.6 is 0 Å². The van der Waals surface area contributed by atoms with Crippen molar-refractivity contribution in [2.24, 2.45) is 0 Å². The van der Waals surface area contributed by atoms with E-state index in [9.17, 15) is 5.11 Å². The lowest BCUT2D eigenvalue weighted by molar-refractivity contribution is 0.135. The molecule has 2 aromatic rings. The summed E-state index contributed by atoms with van der Waals surface area (Å²) < 4.78 is 10.7. The Labute approximate surface area is 159 Å². The number of aliphatic hydroxyl groups is 1. The molecule has 0 saturated carbocycles. The maximum absolute atomic E-state index is 9.54. The standard InChI is InChI=1S/C19H27N5O3/c1-26-16-9-14(10-17(11-16)27-2)12-23-6-7-24(13-15(23)4-8-25)18-3-5-21-19(20)22-18/h3,5,9-11,15,25H,4,6-8,12-13H2,1-2H3,(H2,20,21,22). The number of rotatable bonds is 7. The lowest BCUT2D eigenvalue weighted by Crippen LogP contribution is -2.53. The van der Waals surface area contributed by atoms with Crippen LogP contribution in [0.15, 0.2) is 30.5 Å². The number of nitrogens with two attached hydrogens (primary N) is 1. The summed E-state index contributed by atoms with van der Waals surface area (Å²) in [5.41, 5.74) is 6.84. The van der Waals surface area contributed by atoms with Gasteiger partial charge in [0, 0.05) is 51.1 Å². The van der Waals surface area contributed by atoms with E-state index in [4.69, 9.17) is 15.2 Å². The van der Waals surface area contributed by atoms with E-state index in [0.29, 0.717) is 6.42 Å². The van der Waals surface area contributed by atoms with Gasteiger partial charge in [0.05, 0.1) is 14.2 Å². The van der Waals surface area contributed by atoms with Crippen LogP contribution in [0.2, 0.25) is 0 Å². The number of benzene rings is 1. The molecule has 146 valence electrons. The molecule has 3 rings (SSSR count). The number of hydrogen-bond donors (Lipinski definition) is 2. The number of piperazine rings is 1. The number of aromatic nitrogens is 2. The van der Waals surface area contributed by atoms with Crippen molar-refractivity contribution in [3.05, 3.63) is 36.0 Å². The molecule has 8 heteroatoms. The second kappa shape index (κ2) is 8.88. The minimum Gasteiger partial charge on any atom is -0.497 e. The molecular weight excluding hydrogens is 346 g/mol. The summed E-state index contributed by atoms with van der Waals surface area (Å²) in [4.78, 5) is 12.9. The fourth-order valence-electron chi connectivity index (χ4n) is 3.46. The molecule has 1 aliphatic heterocycles. The van der Waals surface area contributed by atoms with E-state index in [0.717, 1.165) is 49.1 Å². The number of methoxy groups -OCH3 is 2. The van der Waals surface area contributed by atoms with Crippen LogP contribution in [0.1, 0.15) is 12.0 Å². The van der Waals surface area contributed by atoms with Crippen molar-refractivity contribution in [3.8, 4) is 11.5 Å². The SMILES string of the molecule is COc1cc(CN2CCN(c3ccnc(N)n3)CC2CCO)cc(OC)c1. The monoisotopic (exact) mass is 373 g/mol. The van der Waals surface area contributed by atoms with E-state index >= 15 is 0 Å². The van der Waals surface area contributed by atoms with Crippen molar-refractivity contribution in [2.75, 3.05) is 51.1 Å². The zero-order valence-corrected chi connectivity index (χ0v) is 15.8. The van der Waals surface area contributed by atoms with Crippen LogP contribution in [-0.2, 0) is 6.54 Å². The average Bonchev–Trinajstić information content (AvgIpc) is 2.69. The second-order valence-electron chi connectivity index (χ2n) is 6.58. The van der Waals surface area contributed by atoms with Crippen molar-refractivity contribution in [3.63, 3.8) is 0 Å². The topological polar surface area (TPSA) is 97.0 Å². The molecule has 1 unspecified atom stereocenters. The Balaban J connectivity index is 1.74. The van der Waals surface area contributed by atoms with E-state index in [2.05, 4.69) is 19.8 Å². The van der Waals surface area contributed by atoms with Crippen molar-refractivity contribution < 1.29 is 14.6 Å². The summed E-state index contributed by atoms with van der Waals surface area (Å²) >= 11 is 0. The van der Waals surface area contributed by atoms with E-state index in [1.165, 1.54) is 0 Å². The van der Waals surface area contributed by atoms with E-state index in [-0.39, 0.29) is 18.6 Å². The molecule has 8 nitrogen and oxygen atoms in total. The van der Waals surface area contributed by atoms with Crippen molar-refractivity contribution in [2.45, 2.75) is 19.0 Å². The highest BCUT2D eigenvalue weighted by Gasteiger charge is 2.27. The Morgan fingerprint density at radius 3 is 2.56 bits per heavy atom. The molecule has 2 heterocycles. The number of nitrogens with zero attached hydrogens (tertiary/aromatic N) is 4. The Kier molecular flexibility index (Phi) is 6.31. The van der Waals surface area contributed by atoms with E-state index in [1.807, 2.05) is 24.3 Å². The van der Waals surface area contributed by atoms with E-state index in [1.54, 1.807) is 20.4 Å². The van der Waals surface area contributed by atoms with Gasteiger partial charge in [-0.05, 0) is 30.2 Å². The second-order valence-corrected chi connectivity index (χ2v) is 6.58. The summed E-state index contributed by atoms with van der Waals surface area (Å²) in [7, 11) is 3.30. The van der Waals surface area contributed by atoms with Crippen LogP contribution in [0.3, 0.4) is 0 Å². The lowest BCUT2D eigenvalue weighted by atomic mass is 10.1. The first-order valence-corrected chi connectivity index (χ1v) is 9.03. The van der Waals surface area contributed by atoms with Gasteiger partial charge >= 0.3 is 0 Å². The van der Waals surface area contributed by atoms with Crippen molar-refractivity contribution in [1.82, 2.24) is 14.9 Å². The molecule has 1 fully saturated rings. The van der Waals surface area contributed by atoms with Gasteiger partial charge in [-0.3, -0.25) is 4.90 Å². The molecule has 3 N–H and O–H groups in total. The summed E-state index contributed by atoms with van der Waals surface area (Å²) in [6.07, 6.45) is 2.37. The molecule has 1 aromatic heterocycles. The molecule has 0 bridgehead atoms. The smallest absolute Gasteiger partial charge is 0.221 e. The van der Waals surface area contributed by atoms with Crippen LogP contribution < -0.4 is 20.1 Å². The summed E-state index contributed by atoms with van der Waals surface area (Å²) in [6.45, 7) is 3.37. The minimum atomic E-state index is 0.141. The van der Waals surface area contributed by atoms with Gasteiger partial charge < -0.3 is 25.2 Å². The molecule has 1 atom stereocenters. The lowest BCUT2D eigenvalue weighted by Gasteiger charge is -2.42. The summed E-state index contributed by atoms with van der Waals surface area (Å²) in [6, 6.07) is 7.99. The van der Waals surface area contributed by atoms with Crippen molar-refractivity contribution >= 4 is 11.8 Å². The third-order valence-electron chi connectivity index (χ3n) is 4.85. The Morgan fingerprint density at radius 2 is 1.93 bits per heavy atom. The first-order valence-electron chi connectivity index (χ1n) is 9.03. The number of anilines is 2. The van der Waals surface area contributed by atoms with Gasteiger partial charge in [0.25, 0.3) is 0 Å². The number of hydrogen-bond acceptors (Lipinski definition) is 8. The highest BCUT2D eigenvalue weighted by molar-refractivity contribution is 5.42. The maximum atomic E-state index is 9.54. The third-order valence-corrected chi connectivity index (χ3v) is 4.85. The molecule has 1 aliphatic rings. The largest absolute Gasteiger partial charge is 0.497 e. The summed E-state index contributed by atoms with van der Waals surface area (Å²) in [5, 5.41) is 9.54. The third kappa shape index (κ3) is 4.78. The van der Waals surface area contributed by atoms with Crippen LogP contribution in [-0.4, -0.2) is 66.5 Å². The Morgan fingerprint density at radius 1 is 1.19 bits per heavy atom. The first kappa shape index (κ1) is 19.2. The van der Waals surface area contributed by atoms with Gasteiger partial charge in [0.15, 0.2) is 0 Å². The highest BCUT2D eigenvalue weighted by atomic mass is 16.5. The van der Waals surface area contributed by atoms with Gasteiger partial charge in [-0.25, -0.2) is 4.98 Å². The normalized spacial score (nSPS) is 17.7. The van der Waals surface area contributed by atoms with Crippen LogP contribution in [0, 0.1) is 0 Å². The van der Waals surface area contributed by atoms with Crippen LogP contribution in [0.4, 0.5) is 11.8 Å². The molecule has 27 heavy (non-hydrogen) atoms. The maximum Gasteiger partial charge on any atom is 0.221 e. The van der Waals surface area contributed by atoms with Gasteiger partial charge in [0.2, 0.25) is 5.95 Å². The molecule has 0 aliphatic carbocycles. The average molecular weight is 373 g/mol. The highest BCUT2D eigenvalue weighted by Crippen LogP contribution is 2.26.